The van der Waals surface area contributed by atoms with Crippen molar-refractivity contribution in [1.29, 1.82) is 0 Å². The minimum Gasteiger partial charge on any atom is -0.449 e. The van der Waals surface area contributed by atoms with Gasteiger partial charge in [-0.05, 0) is 37.1 Å². The highest BCUT2D eigenvalue weighted by molar-refractivity contribution is 5.87. The van der Waals surface area contributed by atoms with Crippen molar-refractivity contribution in [1.82, 2.24) is 19.1 Å². The van der Waals surface area contributed by atoms with Gasteiger partial charge >= 0.3 is 12.2 Å². The minimum absolute atomic E-state index is 0. The van der Waals surface area contributed by atoms with Crippen LogP contribution < -0.4 is 0 Å². The molecule has 2 heterocycles. The summed E-state index contributed by atoms with van der Waals surface area (Å²) in [6.45, 7) is 0.466. The number of hydrogen-bond donors (Lipinski definition) is 0. The molecule has 0 aliphatic heterocycles. The Labute approximate surface area is 172 Å². The number of carbonyl (C=O) groups is 2. The van der Waals surface area contributed by atoms with Crippen LogP contribution in [0.25, 0.3) is 22.1 Å². The van der Waals surface area contributed by atoms with Crippen LogP contribution in [0.4, 0.5) is 9.59 Å². The summed E-state index contributed by atoms with van der Waals surface area (Å²) in [5.74, 6) is 0. The number of nitrogens with zero attached hydrogens (tertiary/aromatic N) is 4. The highest BCUT2D eigenvalue weighted by atomic mass is 35.5. The van der Waals surface area contributed by atoms with E-state index in [-0.39, 0.29) is 25.6 Å². The monoisotopic (exact) mass is 414 g/mol. The molecular formula is C20H19ClN4O4. The molecule has 0 saturated carbocycles. The van der Waals surface area contributed by atoms with Gasteiger partial charge in [0.2, 0.25) is 0 Å². The molecule has 2 aromatic carbocycles. The minimum atomic E-state index is -0.476. The molecule has 0 fully saturated rings. The maximum absolute atomic E-state index is 12.1. The fraction of sp³-hybridized carbons (Fsp3) is 0.200. The second kappa shape index (κ2) is 9.20. The number of ether oxygens (including phenoxy) is 2. The van der Waals surface area contributed by atoms with Gasteiger partial charge in [0.15, 0.2) is 0 Å². The Balaban J connectivity index is 0.00000240. The third-order valence-electron chi connectivity index (χ3n) is 4.29. The van der Waals surface area contributed by atoms with Crippen molar-refractivity contribution in [2.75, 3.05) is 13.2 Å². The second-order valence-corrected chi connectivity index (χ2v) is 6.14. The maximum atomic E-state index is 12.1. The molecule has 0 bridgehead atoms. The first-order valence-electron chi connectivity index (χ1n) is 8.92. The summed E-state index contributed by atoms with van der Waals surface area (Å²) in [7, 11) is 0. The van der Waals surface area contributed by atoms with E-state index in [1.807, 2.05) is 48.5 Å². The van der Waals surface area contributed by atoms with Gasteiger partial charge in [-0.2, -0.15) is 0 Å². The Morgan fingerprint density at radius 1 is 0.724 bits per heavy atom. The molecule has 0 atom stereocenters. The largest absolute Gasteiger partial charge is 0.449 e. The van der Waals surface area contributed by atoms with Gasteiger partial charge in [0.25, 0.3) is 0 Å². The van der Waals surface area contributed by atoms with E-state index in [1.54, 1.807) is 0 Å². The van der Waals surface area contributed by atoms with Crippen LogP contribution in [0.5, 0.6) is 0 Å². The van der Waals surface area contributed by atoms with Crippen molar-refractivity contribution in [3.05, 3.63) is 61.2 Å². The van der Waals surface area contributed by atoms with Gasteiger partial charge in [-0.3, -0.25) is 0 Å². The van der Waals surface area contributed by atoms with Crippen LogP contribution in [0.15, 0.2) is 61.2 Å². The SMILES string of the molecule is Cl.O=C(OCCCCOC(=O)n1cnc2ccccc21)n1cnc2ccccc21. The molecule has 9 heteroatoms. The van der Waals surface area contributed by atoms with E-state index >= 15 is 0 Å². The molecule has 0 aliphatic rings. The molecule has 0 N–H and O–H groups in total. The van der Waals surface area contributed by atoms with Crippen LogP contribution >= 0.6 is 12.4 Å². The molecule has 4 rings (SSSR count). The summed E-state index contributed by atoms with van der Waals surface area (Å²) < 4.78 is 13.3. The molecule has 4 aromatic rings. The van der Waals surface area contributed by atoms with Crippen LogP contribution in [-0.2, 0) is 9.47 Å². The second-order valence-electron chi connectivity index (χ2n) is 6.14. The number of para-hydroxylation sites is 4. The number of hydrogen-bond acceptors (Lipinski definition) is 6. The molecule has 0 spiro atoms. The Morgan fingerprint density at radius 3 is 1.59 bits per heavy atom. The van der Waals surface area contributed by atoms with Crippen molar-refractivity contribution in [3.8, 4) is 0 Å². The Kier molecular flexibility index (Phi) is 6.46. The fourth-order valence-electron chi connectivity index (χ4n) is 2.87. The van der Waals surface area contributed by atoms with Crippen molar-refractivity contribution in [3.63, 3.8) is 0 Å². The van der Waals surface area contributed by atoms with E-state index in [9.17, 15) is 9.59 Å². The fourth-order valence-corrected chi connectivity index (χ4v) is 2.87. The van der Waals surface area contributed by atoms with Crippen LogP contribution in [-0.4, -0.2) is 44.5 Å². The zero-order chi connectivity index (χ0) is 19.3. The summed E-state index contributed by atoms with van der Waals surface area (Å²) in [5, 5.41) is 0. The Bertz CT molecular complexity index is 1050. The third kappa shape index (κ3) is 4.38. The lowest BCUT2D eigenvalue weighted by Gasteiger charge is -2.07. The van der Waals surface area contributed by atoms with Crippen molar-refractivity contribution >= 4 is 46.7 Å². The van der Waals surface area contributed by atoms with E-state index in [2.05, 4.69) is 9.97 Å². The smallest absolute Gasteiger partial charge is 0.419 e. The molecule has 0 aliphatic carbocycles. The molecule has 2 aromatic heterocycles. The number of carbonyl (C=O) groups excluding carboxylic acids is 2. The first-order valence-corrected chi connectivity index (χ1v) is 8.92. The Hall–Kier alpha value is -3.39. The lowest BCUT2D eigenvalue weighted by atomic mass is 10.3. The topological polar surface area (TPSA) is 88.2 Å². The van der Waals surface area contributed by atoms with E-state index < -0.39 is 12.2 Å². The summed E-state index contributed by atoms with van der Waals surface area (Å²) >= 11 is 0. The standard InChI is InChI=1S/C20H18N4O4.ClH/c25-19(23-13-21-15-7-1-3-9-17(15)23)27-11-5-6-12-28-20(26)24-14-22-16-8-2-4-10-18(16)24;/h1-4,7-10,13-14H,5-6,11-12H2;1H. The van der Waals surface area contributed by atoms with Gasteiger partial charge in [-0.1, -0.05) is 24.3 Å². The average Bonchev–Trinajstić information content (AvgIpc) is 3.34. The van der Waals surface area contributed by atoms with Gasteiger partial charge in [0.05, 0.1) is 35.3 Å². The summed E-state index contributed by atoms with van der Waals surface area (Å²) in [5.41, 5.74) is 2.87. The summed E-state index contributed by atoms with van der Waals surface area (Å²) in [6, 6.07) is 14.7. The van der Waals surface area contributed by atoms with E-state index in [0.29, 0.717) is 23.9 Å². The van der Waals surface area contributed by atoms with E-state index in [4.69, 9.17) is 9.47 Å². The predicted molar refractivity (Wildman–Crippen MR) is 109 cm³/mol. The van der Waals surface area contributed by atoms with Crippen LogP contribution in [0.2, 0.25) is 0 Å². The number of fused-ring (bicyclic) bond motifs is 2. The number of unbranched alkanes of at least 4 members (excludes halogenated alkanes) is 1. The highest BCUT2D eigenvalue weighted by Crippen LogP contribution is 2.13. The van der Waals surface area contributed by atoms with E-state index in [1.165, 1.54) is 21.8 Å². The first kappa shape index (κ1) is 20.3. The normalized spacial score (nSPS) is 10.6. The quantitative estimate of drug-likeness (QED) is 0.453. The lowest BCUT2D eigenvalue weighted by molar-refractivity contribution is 0.131. The molecule has 29 heavy (non-hydrogen) atoms. The average molecular weight is 415 g/mol. The zero-order valence-electron chi connectivity index (χ0n) is 15.4. The predicted octanol–water partition coefficient (Wildman–Crippen LogP) is 4.26. The first-order chi connectivity index (χ1) is 13.7. The van der Waals surface area contributed by atoms with Crippen molar-refractivity contribution in [2.45, 2.75) is 12.8 Å². The number of imidazole rings is 2. The van der Waals surface area contributed by atoms with Gasteiger partial charge in [0, 0.05) is 0 Å². The third-order valence-corrected chi connectivity index (χ3v) is 4.29. The molecule has 150 valence electrons. The van der Waals surface area contributed by atoms with Crippen LogP contribution in [0, 0.1) is 0 Å². The number of aromatic nitrogens is 4. The Morgan fingerprint density at radius 2 is 1.14 bits per heavy atom. The number of halogens is 1. The molecular weight excluding hydrogens is 396 g/mol. The zero-order valence-corrected chi connectivity index (χ0v) is 16.2. The van der Waals surface area contributed by atoms with Crippen molar-refractivity contribution in [2.24, 2.45) is 0 Å². The maximum Gasteiger partial charge on any atom is 0.419 e. The van der Waals surface area contributed by atoms with Gasteiger partial charge < -0.3 is 9.47 Å². The number of benzene rings is 2. The van der Waals surface area contributed by atoms with E-state index in [0.717, 1.165) is 11.0 Å². The summed E-state index contributed by atoms with van der Waals surface area (Å²) in [6.07, 6.45) is 3.10. The van der Waals surface area contributed by atoms with Gasteiger partial charge in [0.1, 0.15) is 12.7 Å². The molecule has 8 nitrogen and oxygen atoms in total. The van der Waals surface area contributed by atoms with Crippen LogP contribution in [0.3, 0.4) is 0 Å². The number of rotatable bonds is 5. The highest BCUT2D eigenvalue weighted by Gasteiger charge is 2.12. The lowest BCUT2D eigenvalue weighted by Crippen LogP contribution is -2.15. The van der Waals surface area contributed by atoms with Gasteiger partial charge in [-0.15, -0.1) is 12.4 Å². The summed E-state index contributed by atoms with van der Waals surface area (Å²) in [4.78, 5) is 32.6. The van der Waals surface area contributed by atoms with Crippen molar-refractivity contribution < 1.29 is 19.1 Å². The molecule has 0 amide bonds. The van der Waals surface area contributed by atoms with Crippen LogP contribution in [0.1, 0.15) is 12.8 Å². The molecule has 0 radical (unpaired) electrons. The molecule has 0 unspecified atom stereocenters. The van der Waals surface area contributed by atoms with Gasteiger partial charge in [-0.25, -0.2) is 28.7 Å². The molecule has 0 saturated heterocycles.